The highest BCUT2D eigenvalue weighted by Crippen LogP contribution is 2.40. The molecule has 2 saturated heterocycles. The van der Waals surface area contributed by atoms with Crippen molar-refractivity contribution in [1.82, 2.24) is 15.1 Å². The van der Waals surface area contributed by atoms with E-state index in [1.54, 1.807) is 29.2 Å². The Balaban J connectivity index is 1.13. The van der Waals surface area contributed by atoms with Crippen LogP contribution in [-0.2, 0) is 4.79 Å². The Morgan fingerprint density at radius 3 is 2.06 bits per heavy atom. The Morgan fingerprint density at radius 1 is 0.781 bits per heavy atom. The molecule has 3 amide bonds. The molecule has 6 heteroatoms. The van der Waals surface area contributed by atoms with E-state index in [1.165, 1.54) is 5.56 Å². The number of carbonyl (C=O) groups is 3. The topological polar surface area (TPSA) is 69.7 Å². The Labute approximate surface area is 188 Å². The van der Waals surface area contributed by atoms with Gasteiger partial charge in [-0.15, -0.1) is 0 Å². The van der Waals surface area contributed by atoms with E-state index < -0.39 is 0 Å². The molecule has 0 radical (unpaired) electrons. The van der Waals surface area contributed by atoms with Crippen LogP contribution in [0.3, 0.4) is 0 Å². The number of likely N-dealkylation sites (tertiary alicyclic amines) is 2. The van der Waals surface area contributed by atoms with E-state index in [0.29, 0.717) is 36.6 Å². The summed E-state index contributed by atoms with van der Waals surface area (Å²) in [5, 5.41) is 3.17. The van der Waals surface area contributed by atoms with Crippen LogP contribution >= 0.6 is 0 Å². The third-order valence-corrected chi connectivity index (χ3v) is 6.96. The van der Waals surface area contributed by atoms with Crippen LogP contribution in [-0.4, -0.2) is 59.7 Å². The second-order valence-electron chi connectivity index (χ2n) is 9.18. The maximum atomic E-state index is 12.9. The van der Waals surface area contributed by atoms with E-state index >= 15 is 0 Å². The lowest BCUT2D eigenvalue weighted by Gasteiger charge is -2.18. The maximum absolute atomic E-state index is 12.9. The molecular weight excluding hydrogens is 402 g/mol. The van der Waals surface area contributed by atoms with Crippen LogP contribution in [0, 0.1) is 5.92 Å². The third-order valence-electron chi connectivity index (χ3n) is 6.96. The van der Waals surface area contributed by atoms with E-state index in [2.05, 4.69) is 17.4 Å². The number of carbonyl (C=O) groups excluding carboxylic acids is 3. The molecule has 3 aliphatic rings. The van der Waals surface area contributed by atoms with Crippen molar-refractivity contribution in [2.75, 3.05) is 26.2 Å². The van der Waals surface area contributed by atoms with Crippen molar-refractivity contribution in [3.05, 3.63) is 71.3 Å². The molecule has 0 unspecified atom stereocenters. The molecule has 3 fully saturated rings. The summed E-state index contributed by atoms with van der Waals surface area (Å²) in [5.74, 6) is 0.255. The summed E-state index contributed by atoms with van der Waals surface area (Å²) in [4.78, 5) is 41.8. The average Bonchev–Trinajstić information content (AvgIpc) is 3.23. The van der Waals surface area contributed by atoms with E-state index in [4.69, 9.17) is 0 Å². The molecule has 32 heavy (non-hydrogen) atoms. The van der Waals surface area contributed by atoms with Crippen molar-refractivity contribution in [3.8, 4) is 0 Å². The number of rotatable bonds is 5. The Bertz CT molecular complexity index is 999. The lowest BCUT2D eigenvalue weighted by Crippen LogP contribution is -2.36. The molecule has 0 spiro atoms. The summed E-state index contributed by atoms with van der Waals surface area (Å²) < 4.78 is 0. The fraction of sp³-hybridized carbons (Fsp3) is 0.423. The van der Waals surface area contributed by atoms with Crippen LogP contribution in [0.1, 0.15) is 57.9 Å². The van der Waals surface area contributed by atoms with Gasteiger partial charge in [-0.25, -0.2) is 0 Å². The number of nitrogens with one attached hydrogen (secondary N) is 1. The summed E-state index contributed by atoms with van der Waals surface area (Å²) in [5.41, 5.74) is 2.46. The van der Waals surface area contributed by atoms with Gasteiger partial charge in [0.05, 0.1) is 5.92 Å². The standard InChI is InChI=1S/C26H29N3O3/c30-24(27-23-16-22(23)18-6-2-1-3-7-18)21-12-15-29(17-21)26(32)20-10-8-19(9-11-20)25(31)28-13-4-5-14-28/h1-3,6-11,21-23H,4-5,12-17H2,(H,27,30)/t21-,22+,23-/m0/s1. The smallest absolute Gasteiger partial charge is 0.253 e. The zero-order valence-corrected chi connectivity index (χ0v) is 18.2. The van der Waals surface area contributed by atoms with Gasteiger partial charge in [0.25, 0.3) is 11.8 Å². The molecule has 2 aromatic carbocycles. The van der Waals surface area contributed by atoms with Gasteiger partial charge in [0.1, 0.15) is 0 Å². The molecule has 6 nitrogen and oxygen atoms in total. The predicted molar refractivity (Wildman–Crippen MR) is 121 cm³/mol. The maximum Gasteiger partial charge on any atom is 0.253 e. The molecule has 2 heterocycles. The van der Waals surface area contributed by atoms with Gasteiger partial charge in [0.2, 0.25) is 5.91 Å². The zero-order valence-electron chi connectivity index (χ0n) is 18.2. The quantitative estimate of drug-likeness (QED) is 0.791. The fourth-order valence-electron chi connectivity index (χ4n) is 4.92. The first-order chi connectivity index (χ1) is 15.6. The minimum absolute atomic E-state index is 0.0355. The molecular formula is C26H29N3O3. The fourth-order valence-corrected chi connectivity index (χ4v) is 4.92. The molecule has 1 aliphatic carbocycles. The van der Waals surface area contributed by atoms with Crippen LogP contribution in [0.2, 0.25) is 0 Å². The zero-order chi connectivity index (χ0) is 22.1. The van der Waals surface area contributed by atoms with E-state index in [-0.39, 0.29) is 29.7 Å². The summed E-state index contributed by atoms with van der Waals surface area (Å²) in [6.07, 6.45) is 3.78. The normalized spacial score (nSPS) is 24.4. The molecule has 5 rings (SSSR count). The first-order valence-corrected chi connectivity index (χ1v) is 11.6. The van der Waals surface area contributed by atoms with Crippen LogP contribution in [0.25, 0.3) is 0 Å². The van der Waals surface area contributed by atoms with Gasteiger partial charge in [-0.3, -0.25) is 14.4 Å². The molecule has 1 saturated carbocycles. The lowest BCUT2D eigenvalue weighted by atomic mass is 10.1. The Morgan fingerprint density at radius 2 is 1.41 bits per heavy atom. The van der Waals surface area contributed by atoms with Crippen molar-refractivity contribution in [3.63, 3.8) is 0 Å². The summed E-state index contributed by atoms with van der Waals surface area (Å²) >= 11 is 0. The van der Waals surface area contributed by atoms with Gasteiger partial charge >= 0.3 is 0 Å². The highest BCUT2D eigenvalue weighted by molar-refractivity contribution is 5.98. The average molecular weight is 432 g/mol. The molecule has 3 atom stereocenters. The van der Waals surface area contributed by atoms with E-state index in [9.17, 15) is 14.4 Å². The minimum Gasteiger partial charge on any atom is -0.352 e. The van der Waals surface area contributed by atoms with E-state index in [1.807, 2.05) is 23.1 Å². The molecule has 2 aromatic rings. The van der Waals surface area contributed by atoms with Crippen molar-refractivity contribution in [2.24, 2.45) is 5.92 Å². The van der Waals surface area contributed by atoms with Gasteiger partial charge in [-0.2, -0.15) is 0 Å². The van der Waals surface area contributed by atoms with Crippen LogP contribution in [0.4, 0.5) is 0 Å². The van der Waals surface area contributed by atoms with E-state index in [0.717, 1.165) is 32.4 Å². The van der Waals surface area contributed by atoms with Crippen molar-refractivity contribution in [1.29, 1.82) is 0 Å². The largest absolute Gasteiger partial charge is 0.352 e. The molecule has 0 bridgehead atoms. The number of amides is 3. The number of hydrogen-bond acceptors (Lipinski definition) is 3. The summed E-state index contributed by atoms with van der Waals surface area (Å²) in [6.45, 7) is 2.65. The second kappa shape index (κ2) is 8.77. The first kappa shape index (κ1) is 20.7. The highest BCUT2D eigenvalue weighted by Gasteiger charge is 2.41. The minimum atomic E-state index is -0.160. The van der Waals surface area contributed by atoms with Crippen molar-refractivity contribution < 1.29 is 14.4 Å². The van der Waals surface area contributed by atoms with Crippen molar-refractivity contribution >= 4 is 17.7 Å². The number of benzene rings is 2. The van der Waals surface area contributed by atoms with Gasteiger partial charge in [0, 0.05) is 49.3 Å². The molecule has 0 aromatic heterocycles. The first-order valence-electron chi connectivity index (χ1n) is 11.6. The Kier molecular flexibility index (Phi) is 5.68. The lowest BCUT2D eigenvalue weighted by molar-refractivity contribution is -0.124. The van der Waals surface area contributed by atoms with Gasteiger partial charge < -0.3 is 15.1 Å². The highest BCUT2D eigenvalue weighted by atomic mass is 16.2. The van der Waals surface area contributed by atoms with Crippen molar-refractivity contribution in [2.45, 2.75) is 37.6 Å². The van der Waals surface area contributed by atoms with Gasteiger partial charge in [0.15, 0.2) is 0 Å². The third kappa shape index (κ3) is 4.27. The molecule has 2 aliphatic heterocycles. The van der Waals surface area contributed by atoms with Crippen LogP contribution in [0.5, 0.6) is 0 Å². The van der Waals surface area contributed by atoms with Crippen LogP contribution in [0.15, 0.2) is 54.6 Å². The predicted octanol–water partition coefficient (Wildman–Crippen LogP) is 3.06. The molecule has 1 N–H and O–H groups in total. The SMILES string of the molecule is O=C(N[C@H]1C[C@@H]1c1ccccc1)[C@H]1CCN(C(=O)c2ccc(C(=O)N3CCCC3)cc2)C1. The summed E-state index contributed by atoms with van der Waals surface area (Å²) in [7, 11) is 0. The second-order valence-corrected chi connectivity index (χ2v) is 9.18. The van der Waals surface area contributed by atoms with Crippen LogP contribution < -0.4 is 5.32 Å². The monoisotopic (exact) mass is 431 g/mol. The summed E-state index contributed by atoms with van der Waals surface area (Å²) in [6, 6.07) is 17.4. The van der Waals surface area contributed by atoms with Gasteiger partial charge in [-0.1, -0.05) is 30.3 Å². The number of nitrogens with zero attached hydrogens (tertiary/aromatic N) is 2. The van der Waals surface area contributed by atoms with Gasteiger partial charge in [-0.05, 0) is 55.5 Å². The Hall–Kier alpha value is -3.15. The number of hydrogen-bond donors (Lipinski definition) is 1. The molecule has 166 valence electrons.